The first-order valence-corrected chi connectivity index (χ1v) is 13.4. The Labute approximate surface area is 223 Å². The maximum Gasteiger partial charge on any atom is 0.201 e. The Balaban J connectivity index is 1.41. The molecule has 1 aliphatic heterocycles. The molecule has 1 aliphatic rings. The molecule has 3 nitrogen and oxygen atoms in total. The van der Waals surface area contributed by atoms with Gasteiger partial charge in [-0.1, -0.05) is 68.3 Å². The highest BCUT2D eigenvalue weighted by Gasteiger charge is 2.25. The van der Waals surface area contributed by atoms with Crippen LogP contribution in [0.4, 0.5) is 13.2 Å². The molecule has 0 N–H and O–H groups in total. The molecule has 0 saturated carbocycles. The van der Waals surface area contributed by atoms with Crippen LogP contribution in [0.5, 0.6) is 5.75 Å². The van der Waals surface area contributed by atoms with Gasteiger partial charge in [-0.2, -0.15) is 4.39 Å². The highest BCUT2D eigenvalue weighted by molar-refractivity contribution is 5.71. The summed E-state index contributed by atoms with van der Waals surface area (Å²) < 4.78 is 61.4. The van der Waals surface area contributed by atoms with Gasteiger partial charge in [0, 0.05) is 17.9 Å². The molecule has 202 valence electrons. The van der Waals surface area contributed by atoms with Crippen LogP contribution in [-0.4, -0.2) is 26.1 Å². The lowest BCUT2D eigenvalue weighted by Gasteiger charge is -2.29. The standard InChI is InChI=1S/C32H35F3O3/c1-3-5-7-9-30-37-20-25(21-38-30)26-15-14-24(19-28(26)33)22-10-12-23(13-11-22)27-16-17-29(32(35)31(27)34)36-18-8-6-4-2/h3,5,10-17,19,25,30H,4,6-9,18,20-21H2,1-2H3/b5-3+. The molecule has 3 aromatic rings. The lowest BCUT2D eigenvalue weighted by Crippen LogP contribution is -2.31. The molecular weight excluding hydrogens is 489 g/mol. The van der Waals surface area contributed by atoms with E-state index in [0.717, 1.165) is 37.7 Å². The van der Waals surface area contributed by atoms with Crippen LogP contribution >= 0.6 is 0 Å². The molecular formula is C32H35F3O3. The van der Waals surface area contributed by atoms with Crippen molar-refractivity contribution in [2.75, 3.05) is 19.8 Å². The van der Waals surface area contributed by atoms with E-state index in [0.29, 0.717) is 36.5 Å². The zero-order chi connectivity index (χ0) is 26.9. The van der Waals surface area contributed by atoms with Crippen molar-refractivity contribution in [3.8, 4) is 28.0 Å². The third kappa shape index (κ3) is 6.86. The van der Waals surface area contributed by atoms with E-state index in [2.05, 4.69) is 13.0 Å². The quantitative estimate of drug-likeness (QED) is 0.185. The van der Waals surface area contributed by atoms with Gasteiger partial charge in [0.15, 0.2) is 17.9 Å². The number of hydrogen-bond acceptors (Lipinski definition) is 3. The van der Waals surface area contributed by atoms with E-state index in [-0.39, 0.29) is 29.3 Å². The van der Waals surface area contributed by atoms with Gasteiger partial charge in [0.1, 0.15) is 5.82 Å². The normalized spacial score (nSPS) is 17.7. The molecule has 0 atom stereocenters. The second-order valence-electron chi connectivity index (χ2n) is 9.55. The summed E-state index contributed by atoms with van der Waals surface area (Å²) in [5.74, 6) is -2.49. The number of ether oxygens (including phenoxy) is 3. The van der Waals surface area contributed by atoms with Crippen LogP contribution in [0.25, 0.3) is 22.3 Å². The second-order valence-corrected chi connectivity index (χ2v) is 9.55. The van der Waals surface area contributed by atoms with Crippen LogP contribution in [0.1, 0.15) is 57.4 Å². The molecule has 0 spiro atoms. The molecule has 3 aromatic carbocycles. The highest BCUT2D eigenvalue weighted by atomic mass is 19.2. The number of unbranched alkanes of at least 4 members (excludes halogenated alkanes) is 2. The van der Waals surface area contributed by atoms with Crippen LogP contribution in [-0.2, 0) is 9.47 Å². The molecule has 0 aromatic heterocycles. The Morgan fingerprint density at radius 3 is 2.26 bits per heavy atom. The summed E-state index contributed by atoms with van der Waals surface area (Å²) in [6.45, 7) is 5.22. The van der Waals surface area contributed by atoms with Gasteiger partial charge < -0.3 is 14.2 Å². The summed E-state index contributed by atoms with van der Waals surface area (Å²) in [7, 11) is 0. The van der Waals surface area contributed by atoms with E-state index in [9.17, 15) is 8.78 Å². The number of benzene rings is 3. The predicted octanol–water partition coefficient (Wildman–Crippen LogP) is 8.82. The van der Waals surface area contributed by atoms with Crippen LogP contribution in [0.15, 0.2) is 66.7 Å². The molecule has 4 rings (SSSR count). The van der Waals surface area contributed by atoms with Gasteiger partial charge in [0.25, 0.3) is 0 Å². The maximum absolute atomic E-state index is 15.1. The predicted molar refractivity (Wildman–Crippen MR) is 145 cm³/mol. The maximum atomic E-state index is 15.1. The molecule has 38 heavy (non-hydrogen) atoms. The first-order chi connectivity index (χ1) is 18.5. The van der Waals surface area contributed by atoms with E-state index in [1.54, 1.807) is 30.3 Å². The van der Waals surface area contributed by atoms with E-state index >= 15 is 4.39 Å². The second kappa shape index (κ2) is 13.6. The van der Waals surface area contributed by atoms with Crippen molar-refractivity contribution >= 4 is 0 Å². The van der Waals surface area contributed by atoms with Gasteiger partial charge in [-0.25, -0.2) is 8.78 Å². The Hall–Kier alpha value is -3.09. The van der Waals surface area contributed by atoms with Crippen LogP contribution < -0.4 is 4.74 Å². The molecule has 1 heterocycles. The van der Waals surface area contributed by atoms with Gasteiger partial charge in [-0.05, 0) is 60.2 Å². The third-order valence-electron chi connectivity index (χ3n) is 6.79. The lowest BCUT2D eigenvalue weighted by atomic mass is 9.95. The topological polar surface area (TPSA) is 27.7 Å². The minimum atomic E-state index is -0.986. The van der Waals surface area contributed by atoms with Gasteiger partial charge in [0.05, 0.1) is 19.8 Å². The summed E-state index contributed by atoms with van der Waals surface area (Å²) in [6, 6.07) is 15.1. The van der Waals surface area contributed by atoms with E-state index in [4.69, 9.17) is 14.2 Å². The van der Waals surface area contributed by atoms with Crippen molar-refractivity contribution in [1.82, 2.24) is 0 Å². The fraction of sp³-hybridized carbons (Fsp3) is 0.375. The zero-order valence-electron chi connectivity index (χ0n) is 22.0. The molecule has 0 unspecified atom stereocenters. The summed E-state index contributed by atoms with van der Waals surface area (Å²) in [5.41, 5.74) is 2.71. The summed E-state index contributed by atoms with van der Waals surface area (Å²) >= 11 is 0. The molecule has 6 heteroatoms. The number of rotatable bonds is 11. The van der Waals surface area contributed by atoms with Crippen molar-refractivity contribution in [3.05, 3.63) is 89.8 Å². The molecule has 1 fully saturated rings. The van der Waals surface area contributed by atoms with Crippen molar-refractivity contribution in [1.29, 1.82) is 0 Å². The number of hydrogen-bond donors (Lipinski definition) is 0. The summed E-state index contributed by atoms with van der Waals surface area (Å²) in [4.78, 5) is 0. The van der Waals surface area contributed by atoms with E-state index in [1.807, 2.05) is 19.1 Å². The first-order valence-electron chi connectivity index (χ1n) is 13.4. The minimum Gasteiger partial charge on any atom is -0.490 e. The zero-order valence-corrected chi connectivity index (χ0v) is 22.0. The molecule has 0 radical (unpaired) electrons. The van der Waals surface area contributed by atoms with E-state index in [1.165, 1.54) is 18.2 Å². The average Bonchev–Trinajstić information content (AvgIpc) is 2.94. The minimum absolute atomic E-state index is 0.0764. The van der Waals surface area contributed by atoms with Crippen molar-refractivity contribution in [2.45, 2.75) is 58.2 Å². The van der Waals surface area contributed by atoms with E-state index < -0.39 is 11.6 Å². The Bertz CT molecular complexity index is 1220. The Morgan fingerprint density at radius 2 is 1.58 bits per heavy atom. The van der Waals surface area contributed by atoms with Crippen LogP contribution in [0.3, 0.4) is 0 Å². The lowest BCUT2D eigenvalue weighted by molar-refractivity contribution is -0.189. The molecule has 1 saturated heterocycles. The van der Waals surface area contributed by atoms with Crippen molar-refractivity contribution in [3.63, 3.8) is 0 Å². The smallest absolute Gasteiger partial charge is 0.201 e. The Morgan fingerprint density at radius 1 is 0.868 bits per heavy atom. The van der Waals surface area contributed by atoms with Crippen LogP contribution in [0, 0.1) is 17.5 Å². The van der Waals surface area contributed by atoms with Gasteiger partial charge >= 0.3 is 0 Å². The number of halogens is 3. The monoisotopic (exact) mass is 524 g/mol. The Kier molecular flexibility index (Phi) is 10.0. The largest absolute Gasteiger partial charge is 0.490 e. The van der Waals surface area contributed by atoms with Gasteiger partial charge in [-0.15, -0.1) is 0 Å². The average molecular weight is 525 g/mol. The van der Waals surface area contributed by atoms with Gasteiger partial charge in [0.2, 0.25) is 5.82 Å². The fourth-order valence-corrected chi connectivity index (χ4v) is 4.57. The summed E-state index contributed by atoms with van der Waals surface area (Å²) in [6.07, 6.45) is 8.27. The first kappa shape index (κ1) is 27.9. The molecule has 0 bridgehead atoms. The molecule has 0 amide bonds. The van der Waals surface area contributed by atoms with Gasteiger partial charge in [-0.3, -0.25) is 0 Å². The van der Waals surface area contributed by atoms with Crippen molar-refractivity contribution < 1.29 is 27.4 Å². The summed E-state index contributed by atoms with van der Waals surface area (Å²) in [5, 5.41) is 0. The SMILES string of the molecule is C/C=C/CCC1OCC(c2ccc(-c3ccc(-c4ccc(OCCCCC)c(F)c4F)cc3)cc2F)CO1. The highest BCUT2D eigenvalue weighted by Crippen LogP contribution is 2.33. The van der Waals surface area contributed by atoms with Crippen molar-refractivity contribution in [2.24, 2.45) is 0 Å². The fourth-order valence-electron chi connectivity index (χ4n) is 4.57. The number of allylic oxidation sites excluding steroid dienone is 2. The van der Waals surface area contributed by atoms with Crippen LogP contribution in [0.2, 0.25) is 0 Å². The third-order valence-corrected chi connectivity index (χ3v) is 6.79. The molecule has 0 aliphatic carbocycles.